The highest BCUT2D eigenvalue weighted by Gasteiger charge is 2.22. The highest BCUT2D eigenvalue weighted by Crippen LogP contribution is 2.31. The number of aliphatic carboxylic acids is 1. The number of carbonyl (C=O) groups is 1. The quantitative estimate of drug-likeness (QED) is 0.834. The lowest BCUT2D eigenvalue weighted by Gasteiger charge is -2.11. The Morgan fingerprint density at radius 3 is 2.75 bits per heavy atom. The maximum absolute atomic E-state index is 12.6. The van der Waals surface area contributed by atoms with Crippen LogP contribution in [-0.4, -0.2) is 23.2 Å². The van der Waals surface area contributed by atoms with E-state index in [2.05, 4.69) is 4.98 Å². The summed E-state index contributed by atoms with van der Waals surface area (Å²) in [5, 5.41) is 8.44. The summed E-state index contributed by atoms with van der Waals surface area (Å²) in [6.45, 7) is 0. The van der Waals surface area contributed by atoms with Crippen molar-refractivity contribution in [2.75, 3.05) is 7.11 Å². The van der Waals surface area contributed by atoms with Gasteiger partial charge in [0.2, 0.25) is 0 Å². The topological polar surface area (TPSA) is 59.4 Å². The van der Waals surface area contributed by atoms with E-state index in [1.54, 1.807) is 0 Å². The van der Waals surface area contributed by atoms with E-state index >= 15 is 0 Å². The molecule has 0 fully saturated rings. The number of aromatic nitrogens is 1. The first-order chi connectivity index (χ1) is 7.45. The summed E-state index contributed by atoms with van der Waals surface area (Å²) in [5.74, 6) is -1.25. The highest BCUT2D eigenvalue weighted by atomic mass is 35.5. The Labute approximate surface area is 94.8 Å². The second kappa shape index (κ2) is 5.07. The van der Waals surface area contributed by atoms with Crippen LogP contribution >= 0.6 is 11.6 Å². The van der Waals surface area contributed by atoms with Gasteiger partial charge in [0.1, 0.15) is 16.6 Å². The van der Waals surface area contributed by atoms with Crippen LogP contribution in [0.15, 0.2) is 6.07 Å². The molecule has 0 amide bonds. The van der Waals surface area contributed by atoms with Crippen LogP contribution in [0.25, 0.3) is 0 Å². The van der Waals surface area contributed by atoms with Crippen LogP contribution in [0.1, 0.15) is 17.7 Å². The molecule has 7 heteroatoms. The molecule has 0 aliphatic carbocycles. The predicted octanol–water partition coefficient (Wildman–Crippen LogP) is 2.31. The van der Waals surface area contributed by atoms with Gasteiger partial charge >= 0.3 is 5.97 Å². The van der Waals surface area contributed by atoms with Gasteiger partial charge in [-0.2, -0.15) is 0 Å². The second-order valence-electron chi connectivity index (χ2n) is 2.88. The van der Waals surface area contributed by atoms with Crippen LogP contribution in [-0.2, 0) is 11.2 Å². The lowest BCUT2D eigenvalue weighted by atomic mass is 10.1. The Balaban J connectivity index is 3.32. The van der Waals surface area contributed by atoms with Gasteiger partial charge in [0, 0.05) is 11.6 Å². The molecule has 1 rings (SSSR count). The predicted molar refractivity (Wildman–Crippen MR) is 52.1 cm³/mol. The number of pyridine rings is 1. The van der Waals surface area contributed by atoms with Crippen LogP contribution in [0.3, 0.4) is 0 Å². The number of ether oxygens (including phenoxy) is 1. The first kappa shape index (κ1) is 12.6. The number of nitrogens with zero attached hydrogens (tertiary/aromatic N) is 1. The van der Waals surface area contributed by atoms with E-state index in [0.717, 1.165) is 0 Å². The summed E-state index contributed by atoms with van der Waals surface area (Å²) < 4.78 is 30.0. The van der Waals surface area contributed by atoms with Crippen LogP contribution < -0.4 is 4.74 Å². The molecule has 0 saturated carbocycles. The molecule has 0 spiro atoms. The number of halogens is 3. The van der Waals surface area contributed by atoms with Crippen molar-refractivity contribution in [3.05, 3.63) is 22.5 Å². The molecule has 0 bridgehead atoms. The molecule has 1 aromatic rings. The third-order valence-electron chi connectivity index (χ3n) is 1.84. The number of methoxy groups -OCH3 is 1. The summed E-state index contributed by atoms with van der Waals surface area (Å²) in [6.07, 6.45) is -3.49. The normalized spacial score (nSPS) is 10.6. The van der Waals surface area contributed by atoms with E-state index in [-0.39, 0.29) is 16.5 Å². The SMILES string of the molecule is COc1cc(Cl)nc(C(F)F)c1CC(=O)O. The van der Waals surface area contributed by atoms with Crippen LogP contribution in [0, 0.1) is 0 Å². The van der Waals surface area contributed by atoms with Crippen LogP contribution in [0.5, 0.6) is 5.75 Å². The van der Waals surface area contributed by atoms with Gasteiger partial charge < -0.3 is 9.84 Å². The summed E-state index contributed by atoms with van der Waals surface area (Å²) in [4.78, 5) is 13.9. The Morgan fingerprint density at radius 1 is 1.69 bits per heavy atom. The largest absolute Gasteiger partial charge is 0.496 e. The molecular weight excluding hydrogens is 244 g/mol. The molecule has 0 aromatic carbocycles. The van der Waals surface area contributed by atoms with Crippen molar-refractivity contribution in [2.24, 2.45) is 0 Å². The Hall–Kier alpha value is -1.43. The molecule has 0 saturated heterocycles. The third kappa shape index (κ3) is 2.79. The summed E-state index contributed by atoms with van der Waals surface area (Å²) in [5.41, 5.74) is -0.818. The van der Waals surface area contributed by atoms with Crippen molar-refractivity contribution in [1.82, 2.24) is 4.98 Å². The van der Waals surface area contributed by atoms with E-state index in [1.165, 1.54) is 13.2 Å². The average Bonchev–Trinajstić information content (AvgIpc) is 2.19. The number of alkyl halides is 2. The van der Waals surface area contributed by atoms with Crippen molar-refractivity contribution in [3.8, 4) is 5.75 Å². The first-order valence-electron chi connectivity index (χ1n) is 4.19. The minimum atomic E-state index is -2.90. The number of hydrogen-bond donors (Lipinski definition) is 1. The molecule has 0 aliphatic rings. The molecule has 1 heterocycles. The number of carboxylic acid groups (broad SMARTS) is 1. The molecule has 88 valence electrons. The van der Waals surface area contributed by atoms with E-state index < -0.39 is 24.5 Å². The van der Waals surface area contributed by atoms with Crippen molar-refractivity contribution in [2.45, 2.75) is 12.8 Å². The maximum Gasteiger partial charge on any atom is 0.308 e. The number of carboxylic acids is 1. The van der Waals surface area contributed by atoms with Gasteiger partial charge in [-0.15, -0.1) is 0 Å². The number of hydrogen-bond acceptors (Lipinski definition) is 3. The van der Waals surface area contributed by atoms with Crippen molar-refractivity contribution >= 4 is 17.6 Å². The minimum absolute atomic E-state index is 0.00213. The highest BCUT2D eigenvalue weighted by molar-refractivity contribution is 6.29. The summed E-state index contributed by atoms with van der Waals surface area (Å²) in [7, 11) is 1.24. The molecule has 4 nitrogen and oxygen atoms in total. The van der Waals surface area contributed by atoms with Gasteiger partial charge in [-0.25, -0.2) is 13.8 Å². The van der Waals surface area contributed by atoms with Crippen LogP contribution in [0.2, 0.25) is 5.15 Å². The Kier molecular flexibility index (Phi) is 4.00. The fourth-order valence-electron chi connectivity index (χ4n) is 1.23. The monoisotopic (exact) mass is 251 g/mol. The molecule has 0 atom stereocenters. The third-order valence-corrected chi connectivity index (χ3v) is 2.03. The van der Waals surface area contributed by atoms with Crippen molar-refractivity contribution < 1.29 is 23.4 Å². The van der Waals surface area contributed by atoms with Crippen LogP contribution in [0.4, 0.5) is 8.78 Å². The van der Waals surface area contributed by atoms with E-state index in [4.69, 9.17) is 21.4 Å². The zero-order chi connectivity index (χ0) is 12.3. The van der Waals surface area contributed by atoms with Crippen molar-refractivity contribution in [1.29, 1.82) is 0 Å². The lowest BCUT2D eigenvalue weighted by Crippen LogP contribution is -2.08. The molecule has 0 aliphatic heterocycles. The van der Waals surface area contributed by atoms with E-state index in [9.17, 15) is 13.6 Å². The standard InChI is InChI=1S/C9H8ClF2NO3/c1-16-5-3-6(10)13-8(9(11)12)4(5)2-7(14)15/h3,9H,2H2,1H3,(H,14,15). The zero-order valence-electron chi connectivity index (χ0n) is 8.21. The molecule has 1 N–H and O–H groups in total. The smallest absolute Gasteiger partial charge is 0.308 e. The van der Waals surface area contributed by atoms with E-state index in [0.29, 0.717) is 0 Å². The minimum Gasteiger partial charge on any atom is -0.496 e. The second-order valence-corrected chi connectivity index (χ2v) is 3.27. The molecular formula is C9H8ClF2NO3. The van der Waals surface area contributed by atoms with Gasteiger partial charge in [-0.05, 0) is 0 Å². The molecule has 0 unspecified atom stereocenters. The first-order valence-corrected chi connectivity index (χ1v) is 4.56. The maximum atomic E-state index is 12.6. The van der Waals surface area contributed by atoms with Gasteiger partial charge in [0.05, 0.1) is 13.5 Å². The zero-order valence-corrected chi connectivity index (χ0v) is 8.96. The van der Waals surface area contributed by atoms with Crippen molar-refractivity contribution in [3.63, 3.8) is 0 Å². The van der Waals surface area contributed by atoms with Gasteiger partial charge in [0.15, 0.2) is 0 Å². The van der Waals surface area contributed by atoms with Gasteiger partial charge in [-0.3, -0.25) is 4.79 Å². The molecule has 0 radical (unpaired) electrons. The molecule has 16 heavy (non-hydrogen) atoms. The number of rotatable bonds is 4. The summed E-state index contributed by atoms with van der Waals surface area (Å²) >= 11 is 5.51. The Morgan fingerprint density at radius 2 is 2.31 bits per heavy atom. The fraction of sp³-hybridized carbons (Fsp3) is 0.333. The Bertz CT molecular complexity index is 412. The fourth-order valence-corrected chi connectivity index (χ4v) is 1.42. The van der Waals surface area contributed by atoms with Gasteiger partial charge in [-0.1, -0.05) is 11.6 Å². The lowest BCUT2D eigenvalue weighted by molar-refractivity contribution is -0.136. The average molecular weight is 252 g/mol. The molecule has 1 aromatic heterocycles. The summed E-state index contributed by atoms with van der Waals surface area (Å²) in [6, 6.07) is 1.20. The van der Waals surface area contributed by atoms with E-state index in [1.807, 2.05) is 0 Å². The van der Waals surface area contributed by atoms with Gasteiger partial charge in [0.25, 0.3) is 6.43 Å².